The third kappa shape index (κ3) is 5.38. The highest BCUT2D eigenvalue weighted by Crippen LogP contribution is 2.25. The van der Waals surface area contributed by atoms with E-state index in [1.54, 1.807) is 0 Å². The van der Waals surface area contributed by atoms with Gasteiger partial charge in [-0.25, -0.2) is 13.2 Å². The van der Waals surface area contributed by atoms with Crippen LogP contribution < -0.4 is 10.6 Å². The first kappa shape index (κ1) is 16.8. The number of carbonyl (C=O) groups excluding carboxylic acids is 1. The number of anilines is 1. The number of unbranched alkanes of at least 4 members (excludes halogenated alkanes) is 2. The summed E-state index contributed by atoms with van der Waals surface area (Å²) in [6.45, 7) is 2.65. The van der Waals surface area contributed by atoms with Crippen molar-refractivity contribution in [2.24, 2.45) is 0 Å². The predicted molar refractivity (Wildman–Crippen MR) is 81.1 cm³/mol. The average molecular weight is 319 g/mol. The van der Waals surface area contributed by atoms with E-state index < -0.39 is 15.9 Å². The molecule has 0 spiro atoms. The highest BCUT2D eigenvalue weighted by atomic mass is 35.5. The lowest BCUT2D eigenvalue weighted by Crippen LogP contribution is -2.29. The van der Waals surface area contributed by atoms with Crippen molar-refractivity contribution in [3.63, 3.8) is 0 Å². The molecule has 0 fully saturated rings. The van der Waals surface area contributed by atoms with Gasteiger partial charge < -0.3 is 10.6 Å². The molecule has 0 radical (unpaired) electrons. The zero-order valence-corrected chi connectivity index (χ0v) is 13.1. The molecular formula is C13H19ClN2O3S. The fraction of sp³-hybridized carbons (Fsp3) is 0.462. The third-order valence-corrected chi connectivity index (χ3v) is 4.12. The summed E-state index contributed by atoms with van der Waals surface area (Å²) in [7, 11) is -3.33. The van der Waals surface area contributed by atoms with Gasteiger partial charge in [0.05, 0.1) is 15.6 Å². The first-order chi connectivity index (χ1) is 9.34. The Kier molecular flexibility index (Phi) is 6.29. The minimum Gasteiger partial charge on any atom is -0.338 e. The first-order valence-electron chi connectivity index (χ1n) is 6.39. The summed E-state index contributed by atoms with van der Waals surface area (Å²) in [6.07, 6.45) is 4.13. The number of amides is 2. The largest absolute Gasteiger partial charge is 0.338 e. The van der Waals surface area contributed by atoms with E-state index in [0.717, 1.165) is 25.5 Å². The zero-order valence-electron chi connectivity index (χ0n) is 11.6. The Morgan fingerprint density at radius 1 is 1.30 bits per heavy atom. The van der Waals surface area contributed by atoms with E-state index in [1.165, 1.54) is 18.2 Å². The lowest BCUT2D eigenvalue weighted by molar-refractivity contribution is 0.252. The Labute approximate surface area is 124 Å². The molecular weight excluding hydrogens is 300 g/mol. The maximum absolute atomic E-state index is 11.7. The maximum atomic E-state index is 11.7. The Morgan fingerprint density at radius 2 is 2.00 bits per heavy atom. The van der Waals surface area contributed by atoms with Gasteiger partial charge in [0.25, 0.3) is 0 Å². The molecule has 0 bridgehead atoms. The smallest absolute Gasteiger partial charge is 0.319 e. The van der Waals surface area contributed by atoms with Crippen LogP contribution in [0.1, 0.15) is 26.2 Å². The summed E-state index contributed by atoms with van der Waals surface area (Å²) in [4.78, 5) is 11.8. The van der Waals surface area contributed by atoms with Crippen molar-refractivity contribution < 1.29 is 13.2 Å². The summed E-state index contributed by atoms with van der Waals surface area (Å²) >= 11 is 5.94. The molecule has 5 nitrogen and oxygen atoms in total. The van der Waals surface area contributed by atoms with Crippen LogP contribution in [0.3, 0.4) is 0 Å². The summed E-state index contributed by atoms with van der Waals surface area (Å²) in [6, 6.07) is 3.81. The third-order valence-electron chi connectivity index (χ3n) is 2.68. The molecule has 7 heteroatoms. The quantitative estimate of drug-likeness (QED) is 0.791. The van der Waals surface area contributed by atoms with E-state index in [9.17, 15) is 13.2 Å². The van der Waals surface area contributed by atoms with E-state index in [2.05, 4.69) is 17.6 Å². The van der Waals surface area contributed by atoms with Gasteiger partial charge in [0.15, 0.2) is 9.84 Å². The second-order valence-corrected chi connectivity index (χ2v) is 6.92. The zero-order chi connectivity index (χ0) is 15.2. The SMILES string of the molecule is CCCCCNC(=O)Nc1cc(S(C)(=O)=O)ccc1Cl. The average Bonchev–Trinajstić information content (AvgIpc) is 2.36. The van der Waals surface area contributed by atoms with Gasteiger partial charge in [-0.15, -0.1) is 0 Å². The van der Waals surface area contributed by atoms with Crippen molar-refractivity contribution in [2.75, 3.05) is 18.1 Å². The molecule has 0 saturated heterocycles. The number of rotatable bonds is 6. The molecule has 0 unspecified atom stereocenters. The molecule has 2 amide bonds. The predicted octanol–water partition coefficient (Wildman–Crippen LogP) is 3.06. The molecule has 20 heavy (non-hydrogen) atoms. The molecule has 0 heterocycles. The number of benzene rings is 1. The van der Waals surface area contributed by atoms with Crippen LogP contribution in [0.2, 0.25) is 5.02 Å². The van der Waals surface area contributed by atoms with Gasteiger partial charge >= 0.3 is 6.03 Å². The number of hydrogen-bond donors (Lipinski definition) is 2. The highest BCUT2D eigenvalue weighted by Gasteiger charge is 2.11. The van der Waals surface area contributed by atoms with Crippen LogP contribution in [0.5, 0.6) is 0 Å². The van der Waals surface area contributed by atoms with Gasteiger partial charge in [-0.05, 0) is 24.6 Å². The van der Waals surface area contributed by atoms with Gasteiger partial charge in [0.2, 0.25) is 0 Å². The van der Waals surface area contributed by atoms with Crippen LogP contribution in [0, 0.1) is 0 Å². The maximum Gasteiger partial charge on any atom is 0.319 e. The van der Waals surface area contributed by atoms with Gasteiger partial charge in [-0.2, -0.15) is 0 Å². The summed E-state index contributed by atoms with van der Waals surface area (Å²) in [5.74, 6) is 0. The van der Waals surface area contributed by atoms with E-state index in [-0.39, 0.29) is 10.6 Å². The number of urea groups is 1. The standard InChI is InChI=1S/C13H19ClN2O3S/c1-3-4-5-8-15-13(17)16-12-9-10(20(2,18)19)6-7-11(12)14/h6-7,9H,3-5,8H2,1-2H3,(H2,15,16,17). The number of sulfone groups is 1. The summed E-state index contributed by atoms with van der Waals surface area (Å²) in [5, 5.41) is 5.54. The Morgan fingerprint density at radius 3 is 2.60 bits per heavy atom. The molecule has 0 aliphatic carbocycles. The lowest BCUT2D eigenvalue weighted by Gasteiger charge is -2.10. The monoisotopic (exact) mass is 318 g/mol. The minimum absolute atomic E-state index is 0.114. The molecule has 1 aromatic rings. The van der Waals surface area contributed by atoms with Gasteiger partial charge in [-0.3, -0.25) is 0 Å². The number of halogens is 1. The fourth-order valence-electron chi connectivity index (χ4n) is 1.57. The molecule has 0 aliphatic heterocycles. The van der Waals surface area contributed by atoms with Crippen LogP contribution in [0.4, 0.5) is 10.5 Å². The Hall–Kier alpha value is -1.27. The first-order valence-corrected chi connectivity index (χ1v) is 8.66. The molecule has 1 aromatic carbocycles. The van der Waals surface area contributed by atoms with Crippen LogP contribution in [-0.2, 0) is 9.84 Å². The van der Waals surface area contributed by atoms with E-state index in [0.29, 0.717) is 11.6 Å². The molecule has 2 N–H and O–H groups in total. The number of nitrogens with one attached hydrogen (secondary N) is 2. The molecule has 0 atom stereocenters. The second-order valence-electron chi connectivity index (χ2n) is 4.50. The number of carbonyl (C=O) groups is 1. The van der Waals surface area contributed by atoms with E-state index in [1.807, 2.05) is 0 Å². The van der Waals surface area contributed by atoms with Crippen LogP contribution >= 0.6 is 11.6 Å². The van der Waals surface area contributed by atoms with Crippen LogP contribution in [0.15, 0.2) is 23.1 Å². The topological polar surface area (TPSA) is 75.3 Å². The molecule has 1 rings (SSSR count). The minimum atomic E-state index is -3.33. The van der Waals surface area contributed by atoms with Crippen molar-refractivity contribution in [1.82, 2.24) is 5.32 Å². The molecule has 0 saturated carbocycles. The number of hydrogen-bond acceptors (Lipinski definition) is 3. The Bertz CT molecular complexity index is 573. The van der Waals surface area contributed by atoms with E-state index in [4.69, 9.17) is 11.6 Å². The Balaban J connectivity index is 2.69. The van der Waals surface area contributed by atoms with Crippen molar-refractivity contribution in [3.05, 3.63) is 23.2 Å². The van der Waals surface area contributed by atoms with Gasteiger partial charge in [-0.1, -0.05) is 31.4 Å². The van der Waals surface area contributed by atoms with Crippen LogP contribution in [-0.4, -0.2) is 27.2 Å². The second kappa shape index (κ2) is 7.50. The fourth-order valence-corrected chi connectivity index (χ4v) is 2.39. The van der Waals surface area contributed by atoms with E-state index >= 15 is 0 Å². The van der Waals surface area contributed by atoms with Gasteiger partial charge in [0, 0.05) is 12.8 Å². The van der Waals surface area contributed by atoms with Crippen molar-refractivity contribution in [2.45, 2.75) is 31.1 Å². The van der Waals surface area contributed by atoms with Gasteiger partial charge in [0.1, 0.15) is 0 Å². The summed E-state index contributed by atoms with van der Waals surface area (Å²) < 4.78 is 22.9. The normalized spacial score (nSPS) is 11.2. The highest BCUT2D eigenvalue weighted by molar-refractivity contribution is 7.90. The van der Waals surface area contributed by atoms with Crippen molar-refractivity contribution >= 4 is 33.2 Å². The summed E-state index contributed by atoms with van der Waals surface area (Å²) in [5.41, 5.74) is 0.280. The molecule has 112 valence electrons. The van der Waals surface area contributed by atoms with Crippen LogP contribution in [0.25, 0.3) is 0 Å². The van der Waals surface area contributed by atoms with Crippen molar-refractivity contribution in [1.29, 1.82) is 0 Å². The lowest BCUT2D eigenvalue weighted by atomic mass is 10.2. The molecule has 0 aliphatic rings. The molecule has 0 aromatic heterocycles. The van der Waals surface area contributed by atoms with Crippen molar-refractivity contribution in [3.8, 4) is 0 Å².